The van der Waals surface area contributed by atoms with Crippen molar-refractivity contribution in [3.63, 3.8) is 0 Å². The first kappa shape index (κ1) is 17.9. The van der Waals surface area contributed by atoms with Crippen molar-refractivity contribution in [2.75, 3.05) is 7.11 Å². The van der Waals surface area contributed by atoms with Gasteiger partial charge in [0.2, 0.25) is 0 Å². The van der Waals surface area contributed by atoms with Crippen LogP contribution in [0.4, 0.5) is 8.78 Å². The Kier molecular flexibility index (Phi) is 5.19. The molecule has 0 amide bonds. The third kappa shape index (κ3) is 3.53. The maximum absolute atomic E-state index is 14.3. The monoisotopic (exact) mass is 415 g/mol. The molecule has 3 aromatic rings. The molecule has 0 fully saturated rings. The van der Waals surface area contributed by atoms with E-state index in [1.807, 2.05) is 0 Å². The normalized spacial score (nSPS) is 10.3. The fraction of sp³-hybridized carbons (Fsp3) is 0.0500. The Morgan fingerprint density at radius 3 is 2.46 bits per heavy atom. The van der Waals surface area contributed by atoms with Gasteiger partial charge in [-0.05, 0) is 58.4 Å². The van der Waals surface area contributed by atoms with Gasteiger partial charge in [-0.1, -0.05) is 12.1 Å². The van der Waals surface area contributed by atoms with Crippen molar-refractivity contribution in [3.05, 3.63) is 76.3 Å². The minimum Gasteiger partial charge on any atom is -0.497 e. The lowest BCUT2D eigenvalue weighted by molar-refractivity contribution is 0.414. The van der Waals surface area contributed by atoms with E-state index >= 15 is 0 Å². The summed E-state index contributed by atoms with van der Waals surface area (Å²) in [4.78, 5) is 0. The SMILES string of the molecule is COc1ccc(F)c(-c2cccc(Oc3ccc(F)cc3Br)c2C#N)c1. The second-order valence-electron chi connectivity index (χ2n) is 5.31. The highest BCUT2D eigenvalue weighted by molar-refractivity contribution is 9.10. The molecule has 0 aromatic heterocycles. The number of benzene rings is 3. The second-order valence-corrected chi connectivity index (χ2v) is 6.17. The summed E-state index contributed by atoms with van der Waals surface area (Å²) < 4.78 is 38.9. The highest BCUT2D eigenvalue weighted by Crippen LogP contribution is 2.37. The number of halogens is 3. The smallest absolute Gasteiger partial charge is 0.145 e. The van der Waals surface area contributed by atoms with Crippen LogP contribution in [0, 0.1) is 23.0 Å². The van der Waals surface area contributed by atoms with Crippen LogP contribution >= 0.6 is 15.9 Å². The lowest BCUT2D eigenvalue weighted by Gasteiger charge is -2.13. The lowest BCUT2D eigenvalue weighted by atomic mass is 9.99. The average molecular weight is 416 g/mol. The predicted molar refractivity (Wildman–Crippen MR) is 97.3 cm³/mol. The van der Waals surface area contributed by atoms with Crippen LogP contribution in [0.25, 0.3) is 11.1 Å². The molecule has 0 spiro atoms. The molecule has 3 rings (SSSR count). The third-order valence-corrected chi connectivity index (χ3v) is 4.34. The molecule has 0 aliphatic carbocycles. The Balaban J connectivity index is 2.10. The quantitative estimate of drug-likeness (QED) is 0.519. The number of methoxy groups -OCH3 is 1. The van der Waals surface area contributed by atoms with Gasteiger partial charge in [0.05, 0.1) is 11.6 Å². The van der Waals surface area contributed by atoms with E-state index in [4.69, 9.17) is 9.47 Å². The largest absolute Gasteiger partial charge is 0.497 e. The van der Waals surface area contributed by atoms with E-state index in [0.29, 0.717) is 21.5 Å². The Bertz CT molecular complexity index is 1020. The van der Waals surface area contributed by atoms with Gasteiger partial charge in [0.1, 0.15) is 40.5 Å². The molecule has 0 aliphatic heterocycles. The molecule has 0 N–H and O–H groups in total. The van der Waals surface area contributed by atoms with Gasteiger partial charge in [0.25, 0.3) is 0 Å². The average Bonchev–Trinajstić information content (AvgIpc) is 2.64. The Morgan fingerprint density at radius 1 is 0.962 bits per heavy atom. The zero-order valence-corrected chi connectivity index (χ0v) is 15.2. The topological polar surface area (TPSA) is 42.2 Å². The summed E-state index contributed by atoms with van der Waals surface area (Å²) in [6, 6.07) is 15.2. The molecular formula is C20H12BrF2NO2. The number of hydrogen-bond acceptors (Lipinski definition) is 3. The van der Waals surface area contributed by atoms with Crippen molar-refractivity contribution >= 4 is 15.9 Å². The van der Waals surface area contributed by atoms with Gasteiger partial charge in [-0.25, -0.2) is 8.78 Å². The molecule has 0 saturated carbocycles. The van der Waals surface area contributed by atoms with Crippen molar-refractivity contribution < 1.29 is 18.3 Å². The maximum atomic E-state index is 14.3. The summed E-state index contributed by atoms with van der Waals surface area (Å²) in [5, 5.41) is 9.61. The molecule has 0 atom stereocenters. The summed E-state index contributed by atoms with van der Waals surface area (Å²) in [6.45, 7) is 0. The summed E-state index contributed by atoms with van der Waals surface area (Å²) in [7, 11) is 1.48. The van der Waals surface area contributed by atoms with E-state index in [-0.39, 0.29) is 16.9 Å². The fourth-order valence-electron chi connectivity index (χ4n) is 2.47. The summed E-state index contributed by atoms with van der Waals surface area (Å²) in [5.41, 5.74) is 0.764. The molecule has 0 radical (unpaired) electrons. The Hall–Kier alpha value is -2.91. The van der Waals surface area contributed by atoms with Gasteiger partial charge < -0.3 is 9.47 Å². The van der Waals surface area contributed by atoms with Crippen molar-refractivity contribution in [2.45, 2.75) is 0 Å². The zero-order chi connectivity index (χ0) is 18.7. The van der Waals surface area contributed by atoms with Crippen LogP contribution in [-0.2, 0) is 0 Å². The van der Waals surface area contributed by atoms with Crippen LogP contribution in [0.15, 0.2) is 59.1 Å². The minimum absolute atomic E-state index is 0.163. The van der Waals surface area contributed by atoms with E-state index < -0.39 is 11.6 Å². The van der Waals surface area contributed by atoms with E-state index in [1.165, 1.54) is 43.5 Å². The molecule has 0 heterocycles. The van der Waals surface area contributed by atoms with E-state index in [2.05, 4.69) is 22.0 Å². The molecule has 26 heavy (non-hydrogen) atoms. The molecule has 0 aliphatic rings. The standard InChI is InChI=1S/C20H12BrF2NO2/c1-25-13-6-7-18(23)15(10-13)14-3-2-4-19(16(14)11-24)26-20-8-5-12(22)9-17(20)21/h2-10H,1H3. The lowest BCUT2D eigenvalue weighted by Crippen LogP contribution is -1.95. The van der Waals surface area contributed by atoms with Gasteiger partial charge in [-0.3, -0.25) is 0 Å². The van der Waals surface area contributed by atoms with Crippen molar-refractivity contribution in [3.8, 4) is 34.4 Å². The van der Waals surface area contributed by atoms with E-state index in [1.54, 1.807) is 18.2 Å². The highest BCUT2D eigenvalue weighted by Gasteiger charge is 2.16. The van der Waals surface area contributed by atoms with Crippen LogP contribution in [0.3, 0.4) is 0 Å². The van der Waals surface area contributed by atoms with Crippen LogP contribution in [0.1, 0.15) is 5.56 Å². The van der Waals surface area contributed by atoms with Gasteiger partial charge in [-0.2, -0.15) is 5.26 Å². The summed E-state index contributed by atoms with van der Waals surface area (Å²) in [5.74, 6) is 0.142. The number of nitrogens with zero attached hydrogens (tertiary/aromatic N) is 1. The van der Waals surface area contributed by atoms with Gasteiger partial charge in [0.15, 0.2) is 0 Å². The number of nitriles is 1. The maximum Gasteiger partial charge on any atom is 0.145 e. The molecule has 0 saturated heterocycles. The van der Waals surface area contributed by atoms with Crippen LogP contribution in [0.5, 0.6) is 17.2 Å². The Labute approximate surface area is 157 Å². The highest BCUT2D eigenvalue weighted by atomic mass is 79.9. The Morgan fingerprint density at radius 2 is 1.77 bits per heavy atom. The van der Waals surface area contributed by atoms with Crippen LogP contribution in [-0.4, -0.2) is 7.11 Å². The first-order chi connectivity index (χ1) is 12.5. The predicted octanol–water partition coefficient (Wildman–Crippen LogP) is 6.07. The number of rotatable bonds is 4. The molecule has 3 aromatic carbocycles. The molecular weight excluding hydrogens is 404 g/mol. The zero-order valence-electron chi connectivity index (χ0n) is 13.6. The summed E-state index contributed by atoms with van der Waals surface area (Å²) in [6.07, 6.45) is 0. The molecule has 0 bridgehead atoms. The van der Waals surface area contributed by atoms with Crippen molar-refractivity contribution in [1.29, 1.82) is 5.26 Å². The van der Waals surface area contributed by atoms with Gasteiger partial charge in [0, 0.05) is 11.1 Å². The molecule has 0 unspecified atom stereocenters. The molecule has 6 heteroatoms. The van der Waals surface area contributed by atoms with Gasteiger partial charge in [-0.15, -0.1) is 0 Å². The van der Waals surface area contributed by atoms with E-state index in [9.17, 15) is 14.0 Å². The number of ether oxygens (including phenoxy) is 2. The van der Waals surface area contributed by atoms with Crippen molar-refractivity contribution in [1.82, 2.24) is 0 Å². The third-order valence-electron chi connectivity index (χ3n) is 3.72. The fourth-order valence-corrected chi connectivity index (χ4v) is 2.90. The first-order valence-electron chi connectivity index (χ1n) is 7.53. The van der Waals surface area contributed by atoms with Crippen molar-refractivity contribution in [2.24, 2.45) is 0 Å². The number of hydrogen-bond donors (Lipinski definition) is 0. The minimum atomic E-state index is -0.484. The summed E-state index contributed by atoms with van der Waals surface area (Å²) >= 11 is 3.22. The van der Waals surface area contributed by atoms with E-state index in [0.717, 1.165) is 0 Å². The molecule has 3 nitrogen and oxygen atoms in total. The second kappa shape index (κ2) is 7.54. The van der Waals surface area contributed by atoms with Crippen LogP contribution in [0.2, 0.25) is 0 Å². The first-order valence-corrected chi connectivity index (χ1v) is 8.32. The molecule has 130 valence electrons. The van der Waals surface area contributed by atoms with Gasteiger partial charge >= 0.3 is 0 Å². The van der Waals surface area contributed by atoms with Crippen LogP contribution < -0.4 is 9.47 Å².